The van der Waals surface area contributed by atoms with Crippen LogP contribution in [-0.2, 0) is 23.8 Å². The summed E-state index contributed by atoms with van der Waals surface area (Å²) in [7, 11) is 1.93. The SMILES string of the molecule is Cn1ccnc1-c1ccc(N2CCC3(CC2)OCCc2sc(C(=O)O)cc23)nn1. The number of aromatic carboxylic acids is 1. The van der Waals surface area contributed by atoms with E-state index in [1.165, 1.54) is 11.3 Å². The van der Waals surface area contributed by atoms with Crippen molar-refractivity contribution in [2.45, 2.75) is 24.9 Å². The number of fused-ring (bicyclic) bond motifs is 2. The molecule has 1 saturated heterocycles. The molecule has 0 saturated carbocycles. The lowest BCUT2D eigenvalue weighted by molar-refractivity contribution is -0.0757. The maximum atomic E-state index is 11.4. The van der Waals surface area contributed by atoms with Crippen molar-refractivity contribution in [3.8, 4) is 11.5 Å². The molecule has 150 valence electrons. The molecule has 1 N–H and O–H groups in total. The number of aryl methyl sites for hydroxylation is 1. The molecule has 1 fully saturated rings. The first-order valence-electron chi connectivity index (χ1n) is 9.62. The Bertz CT molecular complexity index is 1050. The number of hydrogen-bond acceptors (Lipinski definition) is 7. The number of imidazole rings is 1. The van der Waals surface area contributed by atoms with Crippen molar-refractivity contribution in [1.82, 2.24) is 19.7 Å². The minimum atomic E-state index is -0.861. The van der Waals surface area contributed by atoms with Crippen LogP contribution in [0.5, 0.6) is 0 Å². The van der Waals surface area contributed by atoms with Crippen molar-refractivity contribution in [1.29, 1.82) is 0 Å². The predicted octanol–water partition coefficient (Wildman–Crippen LogP) is 2.71. The Morgan fingerprint density at radius 2 is 2.10 bits per heavy atom. The van der Waals surface area contributed by atoms with Crippen LogP contribution in [0.4, 0.5) is 5.82 Å². The van der Waals surface area contributed by atoms with Gasteiger partial charge in [-0.15, -0.1) is 21.5 Å². The summed E-state index contributed by atoms with van der Waals surface area (Å²) in [4.78, 5) is 19.5. The molecule has 9 heteroatoms. The fraction of sp³-hybridized carbons (Fsp3) is 0.400. The molecule has 0 atom stereocenters. The Hall–Kier alpha value is -2.78. The molecule has 0 aliphatic carbocycles. The van der Waals surface area contributed by atoms with E-state index >= 15 is 0 Å². The summed E-state index contributed by atoms with van der Waals surface area (Å²) in [5.41, 5.74) is 1.44. The van der Waals surface area contributed by atoms with E-state index in [1.807, 2.05) is 36.0 Å². The zero-order valence-corrected chi connectivity index (χ0v) is 16.9. The second-order valence-corrected chi connectivity index (χ2v) is 8.61. The standard InChI is InChI=1S/C20H21N5O3S/c1-24-10-7-21-18(24)14-2-3-17(23-22-14)25-8-5-20(6-9-25)13-12-16(19(26)27)29-15(13)4-11-28-20/h2-3,7,10,12H,4-6,8-9,11H2,1H3,(H,26,27). The first-order chi connectivity index (χ1) is 14.1. The highest BCUT2D eigenvalue weighted by Gasteiger charge is 2.42. The lowest BCUT2D eigenvalue weighted by atomic mass is 9.82. The second kappa shape index (κ2) is 6.93. The van der Waals surface area contributed by atoms with Gasteiger partial charge in [0.1, 0.15) is 10.6 Å². The summed E-state index contributed by atoms with van der Waals surface area (Å²) in [5, 5.41) is 18.1. The minimum absolute atomic E-state index is 0.380. The van der Waals surface area contributed by atoms with E-state index in [-0.39, 0.29) is 5.60 Å². The van der Waals surface area contributed by atoms with Crippen molar-refractivity contribution >= 4 is 23.1 Å². The number of ether oxygens (including phenoxy) is 1. The summed E-state index contributed by atoms with van der Waals surface area (Å²) in [6.07, 6.45) is 6.03. The van der Waals surface area contributed by atoms with Gasteiger partial charge in [0, 0.05) is 43.8 Å². The lowest BCUT2D eigenvalue weighted by Gasteiger charge is -2.44. The minimum Gasteiger partial charge on any atom is -0.477 e. The molecule has 5 heterocycles. The van der Waals surface area contributed by atoms with Crippen LogP contribution in [0.1, 0.15) is 33.0 Å². The third-order valence-electron chi connectivity index (χ3n) is 5.81. The molecule has 0 amide bonds. The van der Waals surface area contributed by atoms with Crippen molar-refractivity contribution in [3.05, 3.63) is 45.9 Å². The maximum Gasteiger partial charge on any atom is 0.345 e. The van der Waals surface area contributed by atoms with Crippen LogP contribution in [0.15, 0.2) is 30.6 Å². The molecule has 3 aromatic heterocycles. The van der Waals surface area contributed by atoms with Gasteiger partial charge in [-0.25, -0.2) is 9.78 Å². The van der Waals surface area contributed by atoms with Gasteiger partial charge in [0.2, 0.25) is 0 Å². The number of carbonyl (C=O) groups is 1. The molecular weight excluding hydrogens is 390 g/mol. The molecule has 8 nitrogen and oxygen atoms in total. The topological polar surface area (TPSA) is 93.4 Å². The molecule has 2 aliphatic heterocycles. The van der Waals surface area contributed by atoms with Gasteiger partial charge in [-0.05, 0) is 36.6 Å². The Labute approximate surface area is 171 Å². The number of piperidine rings is 1. The lowest BCUT2D eigenvalue weighted by Crippen LogP contribution is -2.46. The summed E-state index contributed by atoms with van der Waals surface area (Å²) in [6, 6.07) is 5.75. The Morgan fingerprint density at radius 1 is 1.28 bits per heavy atom. The van der Waals surface area contributed by atoms with E-state index in [0.29, 0.717) is 11.5 Å². The normalized spacial score (nSPS) is 18.0. The molecule has 0 bridgehead atoms. The van der Waals surface area contributed by atoms with Gasteiger partial charge < -0.3 is 19.3 Å². The molecule has 0 radical (unpaired) electrons. The van der Waals surface area contributed by atoms with Crippen LogP contribution in [-0.4, -0.2) is 50.5 Å². The van der Waals surface area contributed by atoms with E-state index < -0.39 is 5.97 Å². The average molecular weight is 411 g/mol. The van der Waals surface area contributed by atoms with Crippen LogP contribution >= 0.6 is 11.3 Å². The first kappa shape index (κ1) is 18.3. The van der Waals surface area contributed by atoms with E-state index in [9.17, 15) is 9.90 Å². The Morgan fingerprint density at radius 3 is 2.76 bits per heavy atom. The van der Waals surface area contributed by atoms with E-state index in [4.69, 9.17) is 4.74 Å². The first-order valence-corrected chi connectivity index (χ1v) is 10.4. The zero-order valence-electron chi connectivity index (χ0n) is 16.0. The van der Waals surface area contributed by atoms with Gasteiger partial charge in [-0.1, -0.05) is 0 Å². The van der Waals surface area contributed by atoms with Gasteiger partial charge in [-0.3, -0.25) is 0 Å². The number of anilines is 1. The van der Waals surface area contributed by atoms with Crippen molar-refractivity contribution < 1.29 is 14.6 Å². The number of rotatable bonds is 3. The number of thiophene rings is 1. The number of nitrogens with zero attached hydrogens (tertiary/aromatic N) is 5. The Balaban J connectivity index is 1.34. The van der Waals surface area contributed by atoms with Crippen molar-refractivity contribution in [2.24, 2.45) is 7.05 Å². The van der Waals surface area contributed by atoms with Crippen LogP contribution in [0.25, 0.3) is 11.5 Å². The molecule has 3 aromatic rings. The summed E-state index contributed by atoms with van der Waals surface area (Å²) >= 11 is 1.39. The van der Waals surface area contributed by atoms with Gasteiger partial charge in [-0.2, -0.15) is 0 Å². The molecule has 0 aromatic carbocycles. The predicted molar refractivity (Wildman–Crippen MR) is 108 cm³/mol. The highest BCUT2D eigenvalue weighted by molar-refractivity contribution is 7.14. The maximum absolute atomic E-state index is 11.4. The van der Waals surface area contributed by atoms with Crippen molar-refractivity contribution in [2.75, 3.05) is 24.6 Å². The van der Waals surface area contributed by atoms with Gasteiger partial charge >= 0.3 is 5.97 Å². The van der Waals surface area contributed by atoms with E-state index in [1.54, 1.807) is 6.20 Å². The number of hydrogen-bond donors (Lipinski definition) is 1. The van der Waals surface area contributed by atoms with E-state index in [0.717, 1.165) is 60.1 Å². The molecule has 0 unspecified atom stereocenters. The summed E-state index contributed by atoms with van der Waals surface area (Å²) in [5.74, 6) is 0.766. The average Bonchev–Trinajstić information content (AvgIpc) is 3.36. The van der Waals surface area contributed by atoms with Gasteiger partial charge in [0.25, 0.3) is 0 Å². The van der Waals surface area contributed by atoms with Crippen LogP contribution in [0.3, 0.4) is 0 Å². The fourth-order valence-corrected chi connectivity index (χ4v) is 5.33. The van der Waals surface area contributed by atoms with E-state index in [2.05, 4.69) is 20.1 Å². The molecule has 2 aliphatic rings. The number of carboxylic acids is 1. The largest absolute Gasteiger partial charge is 0.477 e. The number of carboxylic acid groups (broad SMARTS) is 1. The monoisotopic (exact) mass is 411 g/mol. The smallest absolute Gasteiger partial charge is 0.345 e. The molecule has 5 rings (SSSR count). The highest BCUT2D eigenvalue weighted by atomic mass is 32.1. The van der Waals surface area contributed by atoms with Crippen molar-refractivity contribution in [3.63, 3.8) is 0 Å². The molecule has 29 heavy (non-hydrogen) atoms. The van der Waals surface area contributed by atoms with Gasteiger partial charge in [0.15, 0.2) is 11.6 Å². The van der Waals surface area contributed by atoms with Gasteiger partial charge in [0.05, 0.1) is 12.2 Å². The second-order valence-electron chi connectivity index (χ2n) is 7.47. The third-order valence-corrected chi connectivity index (χ3v) is 7.00. The zero-order chi connectivity index (χ0) is 20.0. The highest BCUT2D eigenvalue weighted by Crippen LogP contribution is 2.45. The van der Waals surface area contributed by atoms with Crippen LogP contribution < -0.4 is 4.90 Å². The van der Waals surface area contributed by atoms with Crippen LogP contribution in [0, 0.1) is 0 Å². The summed E-state index contributed by atoms with van der Waals surface area (Å²) in [6.45, 7) is 2.22. The Kier molecular flexibility index (Phi) is 4.36. The summed E-state index contributed by atoms with van der Waals surface area (Å²) < 4.78 is 8.15. The fourth-order valence-electron chi connectivity index (χ4n) is 4.26. The molecular formula is C20H21N5O3S. The third kappa shape index (κ3) is 3.10. The quantitative estimate of drug-likeness (QED) is 0.708. The number of aromatic nitrogens is 4. The van der Waals surface area contributed by atoms with Crippen LogP contribution in [0.2, 0.25) is 0 Å². The molecule has 1 spiro atoms.